The molecule has 0 amide bonds. The molecule has 1 unspecified atom stereocenters. The molecular weight excluding hydrogens is 594 g/mol. The van der Waals surface area contributed by atoms with Gasteiger partial charge in [0.25, 0.3) is 10.0 Å². The van der Waals surface area contributed by atoms with E-state index in [9.17, 15) is 35.7 Å². The van der Waals surface area contributed by atoms with Crippen LogP contribution in [0, 0.1) is 13.8 Å². The topological polar surface area (TPSA) is 131 Å². The Morgan fingerprint density at radius 2 is 1.76 bits per heavy atom. The summed E-state index contributed by atoms with van der Waals surface area (Å²) >= 11 is 0. The fourth-order valence-corrected chi connectivity index (χ4v) is 6.97. The van der Waals surface area contributed by atoms with Crippen molar-refractivity contribution in [2.24, 2.45) is 0 Å². The first-order valence-electron chi connectivity index (χ1n) is 11.9. The number of hydrogen-bond acceptors (Lipinski definition) is 8. The summed E-state index contributed by atoms with van der Waals surface area (Å²) in [5.74, 6) is -2.07. The van der Waals surface area contributed by atoms with Crippen molar-refractivity contribution in [1.82, 2.24) is 13.9 Å². The van der Waals surface area contributed by atoms with Crippen LogP contribution in [0.5, 0.6) is 5.75 Å². The van der Waals surface area contributed by atoms with Crippen LogP contribution in [0.1, 0.15) is 41.0 Å². The maximum Gasteiger partial charge on any atom is 1.00 e. The number of halogens is 3. The Kier molecular flexibility index (Phi) is 11.7. The van der Waals surface area contributed by atoms with Crippen LogP contribution in [0.25, 0.3) is 11.0 Å². The number of carboxylic acids is 1. The summed E-state index contributed by atoms with van der Waals surface area (Å²) in [4.78, 5) is 19.4. The van der Waals surface area contributed by atoms with E-state index in [1.54, 1.807) is 12.1 Å². The van der Waals surface area contributed by atoms with Crippen molar-refractivity contribution in [3.63, 3.8) is 0 Å². The van der Waals surface area contributed by atoms with Crippen LogP contribution >= 0.6 is 0 Å². The summed E-state index contributed by atoms with van der Waals surface area (Å²) < 4.78 is 84.6. The number of hydrogen-bond donors (Lipinski definition) is 0. The monoisotopic (exact) mass is 619 g/mol. The van der Waals surface area contributed by atoms with Gasteiger partial charge in [-0.3, -0.25) is 9.19 Å². The van der Waals surface area contributed by atoms with Crippen molar-refractivity contribution in [2.45, 2.75) is 49.7 Å². The molecule has 0 radical (unpaired) electrons. The Morgan fingerprint density at radius 1 is 1.10 bits per heavy atom. The standard InChI is InChI=1S/C24H20F3N3O6S2.C2H6.Na/c1-14-7-8-16(22(31)32)11-21(14)38(34,35)30-19-6-4-3-5-17(19)29-23(30)37(33)12-18-15(2)20(9-10-28-18)36-13-24(25,26)27;1-2;/h3-11H,12-13H2,1-2H3,(H,31,32);1-2H3;/q;;+1/p-1. The van der Waals surface area contributed by atoms with Gasteiger partial charge in [-0.05, 0) is 49.2 Å². The van der Waals surface area contributed by atoms with Crippen LogP contribution in [-0.2, 0) is 26.6 Å². The summed E-state index contributed by atoms with van der Waals surface area (Å²) in [6.45, 7) is 5.39. The second-order valence-electron chi connectivity index (χ2n) is 8.19. The van der Waals surface area contributed by atoms with E-state index in [0.717, 1.165) is 10.0 Å². The number of imidazole rings is 1. The molecule has 2 heterocycles. The number of fused-ring (bicyclic) bond motifs is 1. The largest absolute Gasteiger partial charge is 1.00 e. The molecule has 0 saturated heterocycles. The minimum absolute atomic E-state index is 0. The van der Waals surface area contributed by atoms with Gasteiger partial charge < -0.3 is 14.6 Å². The number of aryl methyl sites for hydroxylation is 1. The average molecular weight is 620 g/mol. The number of rotatable bonds is 8. The van der Waals surface area contributed by atoms with E-state index in [-0.39, 0.29) is 84.5 Å². The zero-order chi connectivity index (χ0) is 29.8. The molecule has 1 atom stereocenters. The van der Waals surface area contributed by atoms with E-state index in [1.807, 2.05) is 13.8 Å². The van der Waals surface area contributed by atoms with Crippen molar-refractivity contribution in [3.05, 3.63) is 77.1 Å². The number of ether oxygens (including phenoxy) is 1. The van der Waals surface area contributed by atoms with E-state index in [0.29, 0.717) is 0 Å². The quantitative estimate of drug-likeness (QED) is 0.266. The molecule has 0 N–H and O–H groups in total. The van der Waals surface area contributed by atoms with Crippen molar-refractivity contribution in [1.29, 1.82) is 0 Å². The molecule has 2 aromatic heterocycles. The second-order valence-corrected chi connectivity index (χ2v) is 11.3. The molecule has 214 valence electrons. The number of aromatic carboxylic acids is 1. The first kappa shape index (κ1) is 34.4. The van der Waals surface area contributed by atoms with Crippen LogP contribution in [0.15, 0.2) is 64.8 Å². The van der Waals surface area contributed by atoms with E-state index in [1.165, 1.54) is 50.4 Å². The number of carbonyl (C=O) groups is 1. The van der Waals surface area contributed by atoms with Crippen molar-refractivity contribution >= 4 is 37.8 Å². The Balaban J connectivity index is 0.00000192. The number of benzene rings is 2. The van der Waals surface area contributed by atoms with Crippen LogP contribution in [-0.4, -0.2) is 45.3 Å². The first-order valence-corrected chi connectivity index (χ1v) is 14.6. The molecule has 0 spiro atoms. The fourth-order valence-electron chi connectivity index (χ4n) is 3.67. The molecule has 4 rings (SSSR count). The smallest absolute Gasteiger partial charge is 0.545 e. The predicted molar refractivity (Wildman–Crippen MR) is 140 cm³/mol. The van der Waals surface area contributed by atoms with Gasteiger partial charge in [-0.2, -0.15) is 13.2 Å². The number of para-hydroxylation sites is 2. The average Bonchev–Trinajstić information content (AvgIpc) is 3.30. The summed E-state index contributed by atoms with van der Waals surface area (Å²) in [6, 6.07) is 10.8. The minimum Gasteiger partial charge on any atom is -0.545 e. The minimum atomic E-state index is -4.57. The number of carbonyl (C=O) groups excluding carboxylic acids is 1. The molecule has 15 heteroatoms. The zero-order valence-corrected chi connectivity index (χ0v) is 26.5. The molecule has 0 saturated carbocycles. The molecule has 2 aromatic carbocycles. The molecule has 0 bridgehead atoms. The third kappa shape index (κ3) is 7.74. The van der Waals surface area contributed by atoms with Gasteiger partial charge in [0.15, 0.2) is 6.61 Å². The normalized spacial score (nSPS) is 12.2. The van der Waals surface area contributed by atoms with Gasteiger partial charge in [-0.25, -0.2) is 17.4 Å². The van der Waals surface area contributed by atoms with Gasteiger partial charge in [-0.1, -0.05) is 38.1 Å². The molecule has 9 nitrogen and oxygen atoms in total. The molecule has 0 aliphatic rings. The third-order valence-corrected chi connectivity index (χ3v) is 8.73. The Morgan fingerprint density at radius 3 is 2.39 bits per heavy atom. The van der Waals surface area contributed by atoms with E-state index in [4.69, 9.17) is 4.74 Å². The molecule has 41 heavy (non-hydrogen) atoms. The number of nitrogens with zero attached hydrogens (tertiary/aromatic N) is 3. The number of carboxylic acid groups (broad SMARTS) is 1. The molecular formula is C26H25F3N3NaO6S2. The SMILES string of the molecule is CC.Cc1ccc(C(=O)[O-])cc1S(=O)(=O)n1c(S(=O)Cc2nccc(OCC(F)(F)F)c2C)nc2ccccc21.[Na+]. The third-order valence-electron chi connectivity index (χ3n) is 5.55. The van der Waals surface area contributed by atoms with Gasteiger partial charge in [-0.15, -0.1) is 0 Å². The summed E-state index contributed by atoms with van der Waals surface area (Å²) in [5, 5.41) is 11.0. The van der Waals surface area contributed by atoms with E-state index >= 15 is 0 Å². The van der Waals surface area contributed by atoms with Crippen molar-refractivity contribution < 1.29 is 70.0 Å². The molecule has 0 fully saturated rings. The van der Waals surface area contributed by atoms with Crippen LogP contribution in [0.3, 0.4) is 0 Å². The maximum atomic E-state index is 13.8. The van der Waals surface area contributed by atoms with Crippen LogP contribution in [0.2, 0.25) is 0 Å². The van der Waals surface area contributed by atoms with Gasteiger partial charge in [0.1, 0.15) is 5.75 Å². The summed E-state index contributed by atoms with van der Waals surface area (Å²) in [5.41, 5.74) is 0.497. The summed E-state index contributed by atoms with van der Waals surface area (Å²) in [7, 11) is -6.68. The maximum absolute atomic E-state index is 13.8. The van der Waals surface area contributed by atoms with Crippen LogP contribution < -0.4 is 39.4 Å². The van der Waals surface area contributed by atoms with Gasteiger partial charge >= 0.3 is 35.7 Å². The Bertz CT molecular complexity index is 1690. The number of aromatic nitrogens is 3. The van der Waals surface area contributed by atoms with Gasteiger partial charge in [0.05, 0.1) is 44.1 Å². The summed E-state index contributed by atoms with van der Waals surface area (Å²) in [6.07, 6.45) is -3.37. The van der Waals surface area contributed by atoms with Gasteiger partial charge in [0, 0.05) is 11.8 Å². The Labute approximate surface area is 259 Å². The van der Waals surface area contributed by atoms with Crippen molar-refractivity contribution in [2.75, 3.05) is 6.61 Å². The van der Waals surface area contributed by atoms with E-state index in [2.05, 4.69) is 9.97 Å². The molecule has 0 aliphatic heterocycles. The predicted octanol–water partition coefficient (Wildman–Crippen LogP) is 0.928. The van der Waals surface area contributed by atoms with Gasteiger partial charge in [0.2, 0.25) is 5.16 Å². The zero-order valence-electron chi connectivity index (χ0n) is 22.9. The number of pyridine rings is 1. The number of alkyl halides is 3. The second kappa shape index (κ2) is 13.9. The fraction of sp³-hybridized carbons (Fsp3) is 0.269. The Hall–Kier alpha value is -2.78. The van der Waals surface area contributed by atoms with Crippen LogP contribution in [0.4, 0.5) is 13.2 Å². The van der Waals surface area contributed by atoms with E-state index < -0.39 is 39.6 Å². The molecule has 4 aromatic rings. The van der Waals surface area contributed by atoms with Crippen molar-refractivity contribution in [3.8, 4) is 5.75 Å². The first-order chi connectivity index (χ1) is 18.8. The molecule has 0 aliphatic carbocycles.